The number of hydrogen-bond acceptors (Lipinski definition) is 3. The summed E-state index contributed by atoms with van der Waals surface area (Å²) in [6, 6.07) is 18.4. The topological polar surface area (TPSA) is 63.2 Å². The summed E-state index contributed by atoms with van der Waals surface area (Å²) in [4.78, 5) is 12.4. The summed E-state index contributed by atoms with van der Waals surface area (Å²) in [6.45, 7) is 0.673. The van der Waals surface area contributed by atoms with Crippen LogP contribution >= 0.6 is 0 Å². The first kappa shape index (κ1) is 21.1. The Balaban J connectivity index is 1.67. The third kappa shape index (κ3) is 3.50. The molecule has 3 aromatic carbocycles. The molecule has 0 aromatic heterocycles. The Kier molecular flexibility index (Phi) is 4.93. The molecule has 1 aliphatic rings. The van der Waals surface area contributed by atoms with Crippen LogP contribution < -0.4 is 4.72 Å². The van der Waals surface area contributed by atoms with Crippen molar-refractivity contribution in [3.8, 4) is 11.1 Å². The van der Waals surface area contributed by atoms with Gasteiger partial charge in [-0.2, -0.15) is 13.2 Å². The third-order valence-corrected chi connectivity index (χ3v) is 7.00. The van der Waals surface area contributed by atoms with Crippen molar-refractivity contribution >= 4 is 15.9 Å². The molecule has 4 rings (SSSR count). The van der Waals surface area contributed by atoms with Gasteiger partial charge in [0.05, 0.1) is 4.90 Å². The zero-order valence-electron chi connectivity index (χ0n) is 16.4. The van der Waals surface area contributed by atoms with E-state index in [4.69, 9.17) is 0 Å². The lowest BCUT2D eigenvalue weighted by Gasteiger charge is -2.31. The summed E-state index contributed by atoms with van der Waals surface area (Å²) in [5.74, 6) is -1.66. The molecule has 0 radical (unpaired) electrons. The van der Waals surface area contributed by atoms with Crippen LogP contribution in [0.3, 0.4) is 0 Å². The fourth-order valence-corrected chi connectivity index (χ4v) is 4.88. The number of halogens is 3. The van der Waals surface area contributed by atoms with E-state index in [2.05, 4.69) is 0 Å². The smallest absolute Gasteiger partial charge is 0.273 e. The van der Waals surface area contributed by atoms with Crippen molar-refractivity contribution in [3.05, 3.63) is 89.5 Å². The second-order valence-electron chi connectivity index (χ2n) is 7.58. The number of benzene rings is 3. The van der Waals surface area contributed by atoms with E-state index in [1.807, 2.05) is 24.3 Å². The molecule has 0 bridgehead atoms. The monoisotopic (exact) mass is 445 g/mol. The molecule has 31 heavy (non-hydrogen) atoms. The van der Waals surface area contributed by atoms with Gasteiger partial charge >= 0.3 is 6.18 Å². The Morgan fingerprint density at radius 3 is 2.16 bits per heavy atom. The zero-order chi connectivity index (χ0) is 22.4. The van der Waals surface area contributed by atoms with E-state index in [-0.39, 0.29) is 10.5 Å². The highest BCUT2D eigenvalue weighted by Crippen LogP contribution is 2.42. The van der Waals surface area contributed by atoms with E-state index in [0.29, 0.717) is 13.3 Å². The van der Waals surface area contributed by atoms with Gasteiger partial charge in [0.25, 0.3) is 15.9 Å². The average Bonchev–Trinajstić information content (AvgIpc) is 3.10. The number of fused-ring (bicyclic) bond motifs is 3. The van der Waals surface area contributed by atoms with Crippen molar-refractivity contribution < 1.29 is 26.4 Å². The molecule has 1 unspecified atom stereocenters. The molecule has 1 atom stereocenters. The molecular weight excluding hydrogens is 427 g/mol. The van der Waals surface area contributed by atoms with Crippen LogP contribution in [0, 0.1) is 0 Å². The van der Waals surface area contributed by atoms with Gasteiger partial charge < -0.3 is 0 Å². The minimum Gasteiger partial charge on any atom is -0.273 e. The molecule has 160 valence electrons. The van der Waals surface area contributed by atoms with Crippen molar-refractivity contribution in [1.29, 1.82) is 0 Å². The molecule has 0 aliphatic heterocycles. The predicted octanol–water partition coefficient (Wildman–Crippen LogP) is 4.58. The number of amides is 1. The molecule has 3 aromatic rings. The molecule has 0 saturated heterocycles. The Morgan fingerprint density at radius 2 is 1.48 bits per heavy atom. The lowest BCUT2D eigenvalue weighted by molar-refractivity contribution is -0.190. The highest BCUT2D eigenvalue weighted by molar-refractivity contribution is 7.90. The number of hydrogen-bond donors (Lipinski definition) is 1. The fraction of sp³-hybridized carbons (Fsp3) is 0.174. The largest absolute Gasteiger partial charge is 0.406 e. The van der Waals surface area contributed by atoms with Gasteiger partial charge in [0.15, 0.2) is 5.41 Å². The Bertz CT molecular complexity index is 1270. The second kappa shape index (κ2) is 7.23. The summed E-state index contributed by atoms with van der Waals surface area (Å²) in [7, 11) is -4.52. The van der Waals surface area contributed by atoms with Gasteiger partial charge in [-0.05, 0) is 53.3 Å². The zero-order valence-corrected chi connectivity index (χ0v) is 17.2. The maximum atomic E-state index is 13.9. The van der Waals surface area contributed by atoms with E-state index >= 15 is 0 Å². The first-order chi connectivity index (χ1) is 14.5. The van der Waals surface area contributed by atoms with Gasteiger partial charge in [-0.25, -0.2) is 13.1 Å². The van der Waals surface area contributed by atoms with Crippen LogP contribution in [0.5, 0.6) is 0 Å². The highest BCUT2D eigenvalue weighted by Gasteiger charge is 2.58. The number of nitrogens with one attached hydrogen (secondary N) is 1. The molecule has 0 saturated carbocycles. The maximum absolute atomic E-state index is 13.9. The molecular formula is C23H18F3NO3S. The summed E-state index contributed by atoms with van der Waals surface area (Å²) in [5.41, 5.74) is 0.237. The van der Waals surface area contributed by atoms with E-state index in [9.17, 15) is 26.4 Å². The quantitative estimate of drug-likeness (QED) is 0.500. The number of sulfonamides is 1. The summed E-state index contributed by atoms with van der Waals surface area (Å²) >= 11 is 0. The average molecular weight is 445 g/mol. The van der Waals surface area contributed by atoms with Crippen LogP contribution in [0.15, 0.2) is 77.7 Å². The van der Waals surface area contributed by atoms with Crippen molar-refractivity contribution in [1.82, 2.24) is 4.72 Å². The molecule has 1 N–H and O–H groups in total. The Labute approximate surface area is 177 Å². The van der Waals surface area contributed by atoms with E-state index < -0.39 is 27.5 Å². The van der Waals surface area contributed by atoms with Gasteiger partial charge in [0.2, 0.25) is 0 Å². The molecule has 0 heterocycles. The molecule has 1 amide bonds. The molecule has 8 heteroatoms. The fourth-order valence-electron chi connectivity index (χ4n) is 3.77. The lowest BCUT2D eigenvalue weighted by Crippen LogP contribution is -2.53. The number of rotatable bonds is 4. The van der Waals surface area contributed by atoms with Gasteiger partial charge in [-0.3, -0.25) is 4.79 Å². The lowest BCUT2D eigenvalue weighted by atomic mass is 9.81. The maximum Gasteiger partial charge on any atom is 0.406 e. The predicted molar refractivity (Wildman–Crippen MR) is 110 cm³/mol. The van der Waals surface area contributed by atoms with Crippen LogP contribution in [-0.2, 0) is 26.7 Å². The molecule has 0 fully saturated rings. The van der Waals surface area contributed by atoms with Gasteiger partial charge in [0.1, 0.15) is 0 Å². The van der Waals surface area contributed by atoms with Crippen LogP contribution in [0.4, 0.5) is 13.2 Å². The summed E-state index contributed by atoms with van der Waals surface area (Å²) in [6.07, 6.45) is -4.50. The normalized spacial score (nSPS) is 15.0. The minimum atomic E-state index is -5.01. The number of alkyl halides is 3. The molecule has 1 aliphatic carbocycles. The van der Waals surface area contributed by atoms with Crippen LogP contribution in [-0.4, -0.2) is 20.5 Å². The van der Waals surface area contributed by atoms with Crippen molar-refractivity contribution in [3.63, 3.8) is 0 Å². The third-order valence-electron chi connectivity index (χ3n) is 5.67. The van der Waals surface area contributed by atoms with Crippen molar-refractivity contribution in [2.24, 2.45) is 0 Å². The van der Waals surface area contributed by atoms with Gasteiger partial charge in [-0.1, -0.05) is 60.7 Å². The second-order valence-corrected chi connectivity index (χ2v) is 9.26. The Hall–Kier alpha value is -3.13. The van der Waals surface area contributed by atoms with E-state index in [1.165, 1.54) is 30.3 Å². The van der Waals surface area contributed by atoms with Crippen molar-refractivity contribution in [2.75, 3.05) is 0 Å². The summed E-state index contributed by atoms with van der Waals surface area (Å²) < 4.78 is 69.0. The number of carbonyl (C=O) groups is 1. The first-order valence-corrected chi connectivity index (χ1v) is 10.9. The Morgan fingerprint density at radius 1 is 0.871 bits per heavy atom. The van der Waals surface area contributed by atoms with Crippen LogP contribution in [0.2, 0.25) is 0 Å². The highest BCUT2D eigenvalue weighted by atomic mass is 32.2. The SMILES string of the molecule is CC(C(=O)NS(=O)(=O)c1ccc2c(c1)Cc1ccccc1-2)(c1ccccc1)C(F)(F)F. The molecule has 4 nitrogen and oxygen atoms in total. The van der Waals surface area contributed by atoms with E-state index in [0.717, 1.165) is 34.4 Å². The van der Waals surface area contributed by atoms with Crippen molar-refractivity contribution in [2.45, 2.75) is 29.8 Å². The van der Waals surface area contributed by atoms with Gasteiger partial charge in [0, 0.05) is 0 Å². The van der Waals surface area contributed by atoms with E-state index in [1.54, 1.807) is 10.8 Å². The molecule has 0 spiro atoms. The standard InChI is InChI=1S/C23H18F3NO3S/c1-22(23(24,25)26,17-8-3-2-4-9-17)21(28)27-31(29,30)18-11-12-20-16(14-18)13-15-7-5-6-10-19(15)20/h2-12,14H,13H2,1H3,(H,27,28). The first-order valence-electron chi connectivity index (χ1n) is 9.45. The van der Waals surface area contributed by atoms with Crippen LogP contribution in [0.25, 0.3) is 11.1 Å². The summed E-state index contributed by atoms with van der Waals surface area (Å²) in [5, 5.41) is 0. The minimum absolute atomic E-state index is 0.259. The van der Waals surface area contributed by atoms with Crippen LogP contribution in [0.1, 0.15) is 23.6 Å². The number of carbonyl (C=O) groups excluding carboxylic acids is 1. The van der Waals surface area contributed by atoms with Gasteiger partial charge in [-0.15, -0.1) is 0 Å².